The molecule has 1 N–H and O–H groups in total. The summed E-state index contributed by atoms with van der Waals surface area (Å²) < 4.78 is 10.6. The topological polar surface area (TPSA) is 41.9 Å². The van der Waals surface area contributed by atoms with E-state index in [1.807, 2.05) is 6.92 Å². The van der Waals surface area contributed by atoms with Gasteiger partial charge in [-0.3, -0.25) is 4.90 Å². The Labute approximate surface area is 73.1 Å². The quantitative estimate of drug-likeness (QED) is 0.635. The smallest absolute Gasteiger partial charge is 0.108 e. The lowest BCUT2D eigenvalue weighted by molar-refractivity contribution is -0.0924. The second-order valence-electron chi connectivity index (χ2n) is 2.84. The number of hydrogen-bond donors (Lipinski definition) is 1. The number of ether oxygens (including phenoxy) is 2. The van der Waals surface area contributed by atoms with E-state index >= 15 is 0 Å². The lowest BCUT2D eigenvalue weighted by atomic mass is 10.4. The Bertz CT molecular complexity index is 115. The fraction of sp³-hybridized carbons (Fsp3) is 1.00. The van der Waals surface area contributed by atoms with E-state index in [1.54, 1.807) is 0 Å². The maximum absolute atomic E-state index is 8.55. The molecule has 1 fully saturated rings. The first kappa shape index (κ1) is 9.92. The van der Waals surface area contributed by atoms with Crippen molar-refractivity contribution in [2.75, 3.05) is 39.5 Å². The van der Waals surface area contributed by atoms with E-state index in [4.69, 9.17) is 14.6 Å². The summed E-state index contributed by atoms with van der Waals surface area (Å²) in [7, 11) is 0. The Kier molecular flexibility index (Phi) is 4.53. The number of nitrogens with zero attached hydrogens (tertiary/aromatic N) is 1. The van der Waals surface area contributed by atoms with Crippen molar-refractivity contribution in [3.63, 3.8) is 0 Å². The van der Waals surface area contributed by atoms with Crippen LogP contribution in [0.3, 0.4) is 0 Å². The van der Waals surface area contributed by atoms with Crippen LogP contribution >= 0.6 is 0 Å². The van der Waals surface area contributed by atoms with Crippen molar-refractivity contribution in [2.24, 2.45) is 0 Å². The van der Waals surface area contributed by atoms with Crippen LogP contribution in [0.2, 0.25) is 0 Å². The van der Waals surface area contributed by atoms with Crippen molar-refractivity contribution in [1.29, 1.82) is 0 Å². The van der Waals surface area contributed by atoms with E-state index in [-0.39, 0.29) is 12.8 Å². The van der Waals surface area contributed by atoms with Crippen LogP contribution < -0.4 is 0 Å². The Hall–Kier alpha value is -0.160. The molecule has 0 saturated carbocycles. The molecule has 0 aromatic carbocycles. The Morgan fingerprint density at radius 1 is 1.50 bits per heavy atom. The largest absolute Gasteiger partial charge is 0.394 e. The summed E-state index contributed by atoms with van der Waals surface area (Å²) in [6.45, 7) is 5.92. The molecular weight excluding hydrogens is 158 g/mol. The van der Waals surface area contributed by atoms with Crippen LogP contribution in [-0.2, 0) is 9.47 Å². The van der Waals surface area contributed by atoms with Crippen molar-refractivity contribution < 1.29 is 14.6 Å². The van der Waals surface area contributed by atoms with E-state index in [9.17, 15) is 0 Å². The van der Waals surface area contributed by atoms with Gasteiger partial charge in [0.05, 0.1) is 26.4 Å². The van der Waals surface area contributed by atoms with Gasteiger partial charge in [0.25, 0.3) is 0 Å². The summed E-state index contributed by atoms with van der Waals surface area (Å²) in [6.07, 6.45) is 0.0982. The Morgan fingerprint density at radius 2 is 2.17 bits per heavy atom. The van der Waals surface area contributed by atoms with Gasteiger partial charge in [0, 0.05) is 13.1 Å². The molecule has 1 rings (SSSR count). The summed E-state index contributed by atoms with van der Waals surface area (Å²) >= 11 is 0. The molecule has 12 heavy (non-hydrogen) atoms. The molecule has 1 saturated heterocycles. The molecule has 0 aliphatic carbocycles. The first-order chi connectivity index (χ1) is 5.84. The summed E-state index contributed by atoms with van der Waals surface area (Å²) in [4.78, 5) is 2.21. The van der Waals surface area contributed by atoms with Gasteiger partial charge in [0.1, 0.15) is 6.23 Å². The van der Waals surface area contributed by atoms with Crippen molar-refractivity contribution in [1.82, 2.24) is 4.90 Å². The fourth-order valence-electron chi connectivity index (χ4n) is 1.27. The number of aliphatic hydroxyl groups excluding tert-OH is 1. The second-order valence-corrected chi connectivity index (χ2v) is 2.84. The number of morpholine rings is 1. The van der Waals surface area contributed by atoms with Crippen LogP contribution in [0.4, 0.5) is 0 Å². The first-order valence-corrected chi connectivity index (χ1v) is 4.39. The molecule has 72 valence electrons. The van der Waals surface area contributed by atoms with Gasteiger partial charge in [-0.15, -0.1) is 0 Å². The average molecular weight is 175 g/mol. The van der Waals surface area contributed by atoms with Gasteiger partial charge < -0.3 is 14.6 Å². The average Bonchev–Trinajstić information content (AvgIpc) is 2.15. The van der Waals surface area contributed by atoms with Crippen LogP contribution in [-0.4, -0.2) is 55.8 Å². The standard InChI is InChI=1S/C8H17NO3/c1-8(12-7-4-10)9-2-5-11-6-3-9/h8,10H,2-7H2,1H3. The van der Waals surface area contributed by atoms with E-state index in [0.29, 0.717) is 6.61 Å². The lowest BCUT2D eigenvalue weighted by Crippen LogP contribution is -2.43. The van der Waals surface area contributed by atoms with Crippen molar-refractivity contribution >= 4 is 0 Å². The summed E-state index contributed by atoms with van der Waals surface area (Å²) in [5.41, 5.74) is 0. The molecule has 0 aromatic heterocycles. The monoisotopic (exact) mass is 175 g/mol. The van der Waals surface area contributed by atoms with Gasteiger partial charge in [-0.1, -0.05) is 0 Å². The molecule has 0 radical (unpaired) electrons. The van der Waals surface area contributed by atoms with Gasteiger partial charge >= 0.3 is 0 Å². The summed E-state index contributed by atoms with van der Waals surface area (Å²) in [6, 6.07) is 0. The zero-order valence-electron chi connectivity index (χ0n) is 7.53. The number of hydrogen-bond acceptors (Lipinski definition) is 4. The molecule has 0 bridgehead atoms. The van der Waals surface area contributed by atoms with Gasteiger partial charge in [-0.2, -0.15) is 0 Å². The van der Waals surface area contributed by atoms with E-state index in [0.717, 1.165) is 26.3 Å². The van der Waals surface area contributed by atoms with Crippen molar-refractivity contribution in [2.45, 2.75) is 13.2 Å². The molecule has 1 atom stereocenters. The van der Waals surface area contributed by atoms with Gasteiger partial charge in [0.15, 0.2) is 0 Å². The number of rotatable bonds is 4. The molecule has 1 unspecified atom stereocenters. The second kappa shape index (κ2) is 5.48. The maximum atomic E-state index is 8.55. The van der Waals surface area contributed by atoms with E-state index < -0.39 is 0 Å². The van der Waals surface area contributed by atoms with Crippen molar-refractivity contribution in [3.8, 4) is 0 Å². The third-order valence-electron chi connectivity index (χ3n) is 2.01. The molecule has 0 spiro atoms. The lowest BCUT2D eigenvalue weighted by Gasteiger charge is -2.31. The summed E-state index contributed by atoms with van der Waals surface area (Å²) in [5, 5.41) is 8.55. The highest BCUT2D eigenvalue weighted by atomic mass is 16.5. The van der Waals surface area contributed by atoms with Crippen LogP contribution in [0.5, 0.6) is 0 Å². The maximum Gasteiger partial charge on any atom is 0.108 e. The van der Waals surface area contributed by atoms with Crippen LogP contribution in [0.15, 0.2) is 0 Å². The molecule has 4 nitrogen and oxygen atoms in total. The van der Waals surface area contributed by atoms with Gasteiger partial charge in [0.2, 0.25) is 0 Å². The predicted molar refractivity (Wildman–Crippen MR) is 44.9 cm³/mol. The van der Waals surface area contributed by atoms with Crippen LogP contribution in [0.1, 0.15) is 6.92 Å². The molecule has 1 heterocycles. The highest BCUT2D eigenvalue weighted by molar-refractivity contribution is 4.62. The highest BCUT2D eigenvalue weighted by Gasteiger charge is 2.16. The van der Waals surface area contributed by atoms with Crippen LogP contribution in [0.25, 0.3) is 0 Å². The zero-order valence-corrected chi connectivity index (χ0v) is 7.53. The molecule has 1 aliphatic heterocycles. The third kappa shape index (κ3) is 3.06. The Morgan fingerprint density at radius 3 is 2.75 bits per heavy atom. The zero-order chi connectivity index (χ0) is 8.81. The van der Waals surface area contributed by atoms with Gasteiger partial charge in [-0.05, 0) is 6.92 Å². The minimum absolute atomic E-state index is 0.0919. The highest BCUT2D eigenvalue weighted by Crippen LogP contribution is 2.03. The van der Waals surface area contributed by atoms with E-state index in [2.05, 4.69) is 4.90 Å². The third-order valence-corrected chi connectivity index (χ3v) is 2.01. The summed E-state index contributed by atoms with van der Waals surface area (Å²) in [5.74, 6) is 0. The van der Waals surface area contributed by atoms with E-state index in [1.165, 1.54) is 0 Å². The van der Waals surface area contributed by atoms with Crippen LogP contribution in [0, 0.1) is 0 Å². The molecule has 0 amide bonds. The first-order valence-electron chi connectivity index (χ1n) is 4.39. The van der Waals surface area contributed by atoms with Crippen molar-refractivity contribution in [3.05, 3.63) is 0 Å². The predicted octanol–water partition coefficient (Wildman–Crippen LogP) is -0.327. The van der Waals surface area contributed by atoms with Gasteiger partial charge in [-0.25, -0.2) is 0 Å². The minimum atomic E-state index is 0.0919. The molecule has 4 heteroatoms. The fourth-order valence-corrected chi connectivity index (χ4v) is 1.27. The normalized spacial score (nSPS) is 22.5. The number of aliphatic hydroxyl groups is 1. The molecule has 1 aliphatic rings. The minimum Gasteiger partial charge on any atom is -0.394 e. The SMILES string of the molecule is CC(OCCO)N1CCOCC1. The molecular formula is C8H17NO3. The Balaban J connectivity index is 2.15. The molecule has 0 aromatic rings.